The molecule has 2 aromatic heterocycles. The van der Waals surface area contributed by atoms with Crippen LogP contribution < -0.4 is 5.32 Å². The van der Waals surface area contributed by atoms with Gasteiger partial charge in [-0.2, -0.15) is 0 Å². The van der Waals surface area contributed by atoms with Crippen LogP contribution in [0.1, 0.15) is 41.3 Å². The summed E-state index contributed by atoms with van der Waals surface area (Å²) in [6, 6.07) is 6.67. The van der Waals surface area contributed by atoms with Gasteiger partial charge in [0, 0.05) is 43.1 Å². The number of hydrogen-bond donors (Lipinski definition) is 1. The molecule has 0 saturated carbocycles. The van der Waals surface area contributed by atoms with Crippen LogP contribution in [0.3, 0.4) is 0 Å². The van der Waals surface area contributed by atoms with Gasteiger partial charge in [-0.05, 0) is 51.0 Å². The summed E-state index contributed by atoms with van der Waals surface area (Å²) < 4.78 is 2.09. The molecule has 1 N–H and O–H groups in total. The van der Waals surface area contributed by atoms with Crippen LogP contribution in [0.5, 0.6) is 0 Å². The molecule has 0 radical (unpaired) electrons. The highest BCUT2D eigenvalue weighted by Crippen LogP contribution is 2.18. The quantitative estimate of drug-likeness (QED) is 0.782. The number of nitrogens with zero attached hydrogens (tertiary/aromatic N) is 4. The minimum atomic E-state index is 0.161. The number of aryl methyl sites for hydroxylation is 3. The highest BCUT2D eigenvalue weighted by atomic mass is 15.1. The molecule has 5 nitrogen and oxygen atoms in total. The van der Waals surface area contributed by atoms with Gasteiger partial charge < -0.3 is 9.88 Å². The van der Waals surface area contributed by atoms with Crippen LogP contribution in [-0.2, 0) is 6.54 Å². The molecule has 0 spiro atoms. The number of hydrogen-bond acceptors (Lipinski definition) is 4. The van der Waals surface area contributed by atoms with Gasteiger partial charge in [0.1, 0.15) is 5.82 Å². The summed E-state index contributed by atoms with van der Waals surface area (Å²) in [6.45, 7) is 9.07. The van der Waals surface area contributed by atoms with Crippen molar-refractivity contribution in [2.75, 3.05) is 0 Å². The van der Waals surface area contributed by atoms with Crippen molar-refractivity contribution in [1.29, 1.82) is 0 Å². The first kappa shape index (κ1) is 16.3. The Labute approximate surface area is 142 Å². The second-order valence-electron chi connectivity index (χ2n) is 6.08. The van der Waals surface area contributed by atoms with E-state index in [-0.39, 0.29) is 6.04 Å². The van der Waals surface area contributed by atoms with E-state index >= 15 is 0 Å². The molecule has 0 bridgehead atoms. The third-order valence-corrected chi connectivity index (χ3v) is 4.36. The molecule has 1 atom stereocenters. The van der Waals surface area contributed by atoms with Gasteiger partial charge in [-0.15, -0.1) is 0 Å². The first-order chi connectivity index (χ1) is 11.6. The molecular formula is C19H23N5. The van der Waals surface area contributed by atoms with E-state index in [0.717, 1.165) is 29.4 Å². The van der Waals surface area contributed by atoms with Crippen molar-refractivity contribution < 1.29 is 0 Å². The molecule has 0 aliphatic rings. The molecule has 124 valence electrons. The summed E-state index contributed by atoms with van der Waals surface area (Å²) in [5.41, 5.74) is 5.66. The van der Waals surface area contributed by atoms with Crippen LogP contribution in [0.15, 0.2) is 43.0 Å². The van der Waals surface area contributed by atoms with Crippen LogP contribution in [0.2, 0.25) is 0 Å². The number of nitrogens with one attached hydrogen (secondary N) is 1. The largest absolute Gasteiger partial charge is 0.305 e. The molecule has 3 aromatic rings. The zero-order valence-electron chi connectivity index (χ0n) is 14.6. The van der Waals surface area contributed by atoms with Crippen LogP contribution in [0.25, 0.3) is 5.69 Å². The Morgan fingerprint density at radius 3 is 2.50 bits per heavy atom. The van der Waals surface area contributed by atoms with Crippen LogP contribution >= 0.6 is 0 Å². The van der Waals surface area contributed by atoms with Crippen LogP contribution in [-0.4, -0.2) is 19.5 Å². The topological polar surface area (TPSA) is 55.6 Å². The first-order valence-corrected chi connectivity index (χ1v) is 8.17. The normalized spacial score (nSPS) is 12.3. The zero-order chi connectivity index (χ0) is 17.1. The van der Waals surface area contributed by atoms with Crippen molar-refractivity contribution in [1.82, 2.24) is 24.8 Å². The van der Waals surface area contributed by atoms with E-state index < -0.39 is 0 Å². The standard InChI is InChI=1S/C19H23N5/c1-13-11-18(24-10-9-21-16(24)4)6-5-17(13)12-23-15(3)19-14(2)20-7-8-22-19/h5-11,15,23H,12H2,1-4H3. The third-order valence-electron chi connectivity index (χ3n) is 4.36. The Bertz CT molecular complexity index is 837. The molecule has 1 aromatic carbocycles. The average molecular weight is 321 g/mol. The molecule has 0 aliphatic carbocycles. The predicted molar refractivity (Wildman–Crippen MR) is 95.1 cm³/mol. The zero-order valence-corrected chi connectivity index (χ0v) is 14.6. The molecule has 2 heterocycles. The van der Waals surface area contributed by atoms with Crippen molar-refractivity contribution in [2.45, 2.75) is 40.3 Å². The van der Waals surface area contributed by atoms with Gasteiger partial charge in [0.15, 0.2) is 0 Å². The van der Waals surface area contributed by atoms with E-state index in [2.05, 4.69) is 56.9 Å². The fourth-order valence-electron chi connectivity index (χ4n) is 2.88. The maximum Gasteiger partial charge on any atom is 0.110 e. The van der Waals surface area contributed by atoms with Crippen LogP contribution in [0, 0.1) is 20.8 Å². The van der Waals surface area contributed by atoms with E-state index in [1.807, 2.05) is 26.2 Å². The number of benzene rings is 1. The molecule has 0 fully saturated rings. The van der Waals surface area contributed by atoms with Gasteiger partial charge in [0.25, 0.3) is 0 Å². The predicted octanol–water partition coefficient (Wildman–Crippen LogP) is 3.44. The van der Waals surface area contributed by atoms with Crippen molar-refractivity contribution in [3.8, 4) is 5.69 Å². The lowest BCUT2D eigenvalue weighted by Crippen LogP contribution is -2.21. The molecule has 24 heavy (non-hydrogen) atoms. The van der Waals surface area contributed by atoms with Crippen molar-refractivity contribution in [3.63, 3.8) is 0 Å². The monoisotopic (exact) mass is 321 g/mol. The molecule has 0 saturated heterocycles. The molecule has 1 unspecified atom stereocenters. The summed E-state index contributed by atoms with van der Waals surface area (Å²) in [4.78, 5) is 13.0. The minimum absolute atomic E-state index is 0.161. The van der Waals surface area contributed by atoms with Gasteiger partial charge in [0.2, 0.25) is 0 Å². The van der Waals surface area contributed by atoms with Crippen molar-refractivity contribution in [2.24, 2.45) is 0 Å². The van der Waals surface area contributed by atoms with Crippen LogP contribution in [0.4, 0.5) is 0 Å². The lowest BCUT2D eigenvalue weighted by Gasteiger charge is -2.16. The maximum absolute atomic E-state index is 4.44. The summed E-state index contributed by atoms with van der Waals surface area (Å²) in [6.07, 6.45) is 7.28. The van der Waals surface area contributed by atoms with Gasteiger partial charge in [-0.25, -0.2) is 4.98 Å². The SMILES string of the molecule is Cc1cc(-n2ccnc2C)ccc1CNC(C)c1nccnc1C. The van der Waals surface area contributed by atoms with Gasteiger partial charge >= 0.3 is 0 Å². The second-order valence-corrected chi connectivity index (χ2v) is 6.08. The summed E-state index contributed by atoms with van der Waals surface area (Å²) in [5.74, 6) is 0.993. The second kappa shape index (κ2) is 6.93. The van der Waals surface area contributed by atoms with Gasteiger partial charge in [-0.3, -0.25) is 9.97 Å². The lowest BCUT2D eigenvalue weighted by atomic mass is 10.1. The first-order valence-electron chi connectivity index (χ1n) is 8.17. The van der Waals surface area contributed by atoms with Crippen molar-refractivity contribution >= 4 is 0 Å². The number of imidazole rings is 1. The van der Waals surface area contributed by atoms with E-state index in [9.17, 15) is 0 Å². The Kier molecular flexibility index (Phi) is 4.71. The molecule has 3 rings (SSSR count). The minimum Gasteiger partial charge on any atom is -0.305 e. The Hall–Kier alpha value is -2.53. The average Bonchev–Trinajstić information content (AvgIpc) is 3.00. The number of aromatic nitrogens is 4. The van der Waals surface area contributed by atoms with E-state index in [0.29, 0.717) is 0 Å². The van der Waals surface area contributed by atoms with E-state index in [1.54, 1.807) is 12.4 Å². The Morgan fingerprint density at radius 1 is 1.04 bits per heavy atom. The molecular weight excluding hydrogens is 298 g/mol. The summed E-state index contributed by atoms with van der Waals surface area (Å²) in [7, 11) is 0. The fourth-order valence-corrected chi connectivity index (χ4v) is 2.88. The molecule has 5 heteroatoms. The fraction of sp³-hybridized carbons (Fsp3) is 0.316. The Morgan fingerprint density at radius 2 is 1.83 bits per heavy atom. The highest BCUT2D eigenvalue weighted by molar-refractivity contribution is 5.41. The van der Waals surface area contributed by atoms with Gasteiger partial charge in [-0.1, -0.05) is 6.07 Å². The molecule has 0 amide bonds. The van der Waals surface area contributed by atoms with Gasteiger partial charge in [0.05, 0.1) is 11.4 Å². The smallest absolute Gasteiger partial charge is 0.110 e. The molecule has 0 aliphatic heterocycles. The highest BCUT2D eigenvalue weighted by Gasteiger charge is 2.11. The number of rotatable bonds is 5. The van der Waals surface area contributed by atoms with E-state index in [1.165, 1.54) is 11.1 Å². The third kappa shape index (κ3) is 3.36. The summed E-state index contributed by atoms with van der Waals surface area (Å²) >= 11 is 0. The maximum atomic E-state index is 4.44. The summed E-state index contributed by atoms with van der Waals surface area (Å²) in [5, 5.41) is 3.54. The lowest BCUT2D eigenvalue weighted by molar-refractivity contribution is 0.554. The van der Waals surface area contributed by atoms with Crippen molar-refractivity contribution in [3.05, 3.63) is 71.3 Å². The van der Waals surface area contributed by atoms with E-state index in [4.69, 9.17) is 0 Å². The Balaban J connectivity index is 1.72.